The van der Waals surface area contributed by atoms with E-state index in [0.717, 1.165) is 18.2 Å². The highest BCUT2D eigenvalue weighted by atomic mass is 35.5. The molecule has 1 aliphatic rings. The third-order valence-corrected chi connectivity index (χ3v) is 5.69. The minimum Gasteiger partial charge on any atom is -0.469 e. The summed E-state index contributed by atoms with van der Waals surface area (Å²) in [6.07, 6.45) is 3.31. The molecule has 1 unspecified atom stereocenters. The van der Waals surface area contributed by atoms with Gasteiger partial charge in [-0.15, -0.1) is 0 Å². The number of fused-ring (bicyclic) bond motifs is 1. The lowest BCUT2D eigenvalue weighted by Crippen LogP contribution is -2.42. The van der Waals surface area contributed by atoms with Crippen LogP contribution in [0.2, 0.25) is 5.02 Å². The second-order valence-corrected chi connectivity index (χ2v) is 7.72. The average molecular weight is 360 g/mol. The molecular formula is C15H15ClFNO4S. The van der Waals surface area contributed by atoms with Gasteiger partial charge >= 0.3 is 0 Å². The van der Waals surface area contributed by atoms with Gasteiger partial charge in [0, 0.05) is 18.5 Å². The molecule has 2 N–H and O–H groups in total. The zero-order valence-corrected chi connectivity index (χ0v) is 13.6. The van der Waals surface area contributed by atoms with E-state index in [1.165, 1.54) is 6.26 Å². The summed E-state index contributed by atoms with van der Waals surface area (Å²) >= 11 is 5.62. The van der Waals surface area contributed by atoms with Gasteiger partial charge in [0.25, 0.3) is 0 Å². The first-order valence-corrected chi connectivity index (χ1v) is 8.92. The number of hydrogen-bond acceptors (Lipinski definition) is 4. The van der Waals surface area contributed by atoms with Crippen molar-refractivity contribution in [1.29, 1.82) is 0 Å². The molecule has 1 heterocycles. The number of aryl methyl sites for hydroxylation is 1. The van der Waals surface area contributed by atoms with Crippen molar-refractivity contribution >= 4 is 21.6 Å². The van der Waals surface area contributed by atoms with Crippen molar-refractivity contribution in [3.63, 3.8) is 0 Å². The Bertz CT molecular complexity index is 836. The SMILES string of the molecule is O=S(=O)(NCC1(O)CCCc2occc21)c1ccc(F)c(Cl)c1. The minimum atomic E-state index is -3.91. The highest BCUT2D eigenvalue weighted by Gasteiger charge is 2.37. The largest absolute Gasteiger partial charge is 0.469 e. The van der Waals surface area contributed by atoms with Gasteiger partial charge in [0.15, 0.2) is 0 Å². The zero-order chi connectivity index (χ0) is 16.7. The van der Waals surface area contributed by atoms with E-state index in [4.69, 9.17) is 16.0 Å². The van der Waals surface area contributed by atoms with Crippen molar-refractivity contribution in [1.82, 2.24) is 4.72 Å². The van der Waals surface area contributed by atoms with Crippen molar-refractivity contribution in [2.45, 2.75) is 29.8 Å². The molecule has 0 fully saturated rings. The number of halogens is 2. The Morgan fingerprint density at radius 3 is 2.91 bits per heavy atom. The van der Waals surface area contributed by atoms with E-state index in [0.29, 0.717) is 30.6 Å². The molecule has 2 aromatic rings. The molecule has 0 bridgehead atoms. The lowest BCUT2D eigenvalue weighted by atomic mass is 9.83. The number of aliphatic hydroxyl groups is 1. The molecule has 0 radical (unpaired) electrons. The molecule has 23 heavy (non-hydrogen) atoms. The summed E-state index contributed by atoms with van der Waals surface area (Å²) in [5, 5.41) is 10.5. The summed E-state index contributed by atoms with van der Waals surface area (Å²) in [6, 6.07) is 4.79. The molecule has 1 aromatic heterocycles. The Labute approximate surface area is 138 Å². The Hall–Kier alpha value is -1.41. The van der Waals surface area contributed by atoms with Crippen LogP contribution in [0.1, 0.15) is 24.2 Å². The first-order chi connectivity index (χ1) is 10.8. The van der Waals surface area contributed by atoms with Crippen LogP contribution in [0.25, 0.3) is 0 Å². The molecule has 0 saturated carbocycles. The summed E-state index contributed by atoms with van der Waals surface area (Å²) < 4.78 is 45.4. The van der Waals surface area contributed by atoms with Crippen molar-refractivity contribution < 1.29 is 22.3 Å². The lowest BCUT2D eigenvalue weighted by Gasteiger charge is -2.31. The molecule has 5 nitrogen and oxygen atoms in total. The van der Waals surface area contributed by atoms with E-state index >= 15 is 0 Å². The highest BCUT2D eigenvalue weighted by Crippen LogP contribution is 2.35. The van der Waals surface area contributed by atoms with E-state index in [2.05, 4.69) is 4.72 Å². The number of benzene rings is 1. The maximum absolute atomic E-state index is 13.2. The van der Waals surface area contributed by atoms with E-state index in [-0.39, 0.29) is 16.5 Å². The molecule has 0 amide bonds. The Morgan fingerprint density at radius 1 is 1.39 bits per heavy atom. The van der Waals surface area contributed by atoms with E-state index in [9.17, 15) is 17.9 Å². The fourth-order valence-corrected chi connectivity index (χ4v) is 4.11. The predicted molar refractivity (Wildman–Crippen MR) is 82.1 cm³/mol. The number of hydrogen-bond donors (Lipinski definition) is 2. The lowest BCUT2D eigenvalue weighted by molar-refractivity contribution is 0.0221. The number of furan rings is 1. The number of nitrogens with one attached hydrogen (secondary N) is 1. The zero-order valence-electron chi connectivity index (χ0n) is 12.1. The van der Waals surface area contributed by atoms with Crippen LogP contribution in [-0.4, -0.2) is 20.1 Å². The van der Waals surface area contributed by atoms with Crippen LogP contribution in [-0.2, 0) is 22.0 Å². The van der Waals surface area contributed by atoms with Gasteiger partial charge in [0.05, 0.1) is 16.2 Å². The topological polar surface area (TPSA) is 79.5 Å². The second kappa shape index (κ2) is 5.90. The van der Waals surface area contributed by atoms with Crippen molar-refractivity contribution in [3.8, 4) is 0 Å². The number of rotatable bonds is 4. The monoisotopic (exact) mass is 359 g/mol. The van der Waals surface area contributed by atoms with E-state index in [1.807, 2.05) is 0 Å². The van der Waals surface area contributed by atoms with Crippen molar-refractivity contribution in [2.75, 3.05) is 6.54 Å². The molecule has 124 valence electrons. The van der Waals surface area contributed by atoms with Gasteiger partial charge < -0.3 is 9.52 Å². The van der Waals surface area contributed by atoms with Crippen molar-refractivity contribution in [2.24, 2.45) is 0 Å². The third kappa shape index (κ3) is 3.14. The first-order valence-electron chi connectivity index (χ1n) is 7.06. The molecule has 1 aromatic carbocycles. The third-order valence-electron chi connectivity index (χ3n) is 4.00. The summed E-state index contributed by atoms with van der Waals surface area (Å²) in [7, 11) is -3.91. The van der Waals surface area contributed by atoms with Gasteiger partial charge in [-0.3, -0.25) is 0 Å². The fraction of sp³-hybridized carbons (Fsp3) is 0.333. The van der Waals surface area contributed by atoms with Gasteiger partial charge in [-0.25, -0.2) is 17.5 Å². The summed E-state index contributed by atoms with van der Waals surface area (Å²) in [5.74, 6) is -0.0256. The molecular weight excluding hydrogens is 345 g/mol. The van der Waals surface area contributed by atoms with Crippen molar-refractivity contribution in [3.05, 3.63) is 52.7 Å². The van der Waals surface area contributed by atoms with Crippen LogP contribution in [0.5, 0.6) is 0 Å². The maximum atomic E-state index is 13.2. The molecule has 0 saturated heterocycles. The summed E-state index contributed by atoms with van der Waals surface area (Å²) in [4.78, 5) is -0.157. The second-order valence-electron chi connectivity index (χ2n) is 5.54. The molecule has 8 heteroatoms. The first kappa shape index (κ1) is 16.4. The molecule has 1 atom stereocenters. The number of sulfonamides is 1. The van der Waals surface area contributed by atoms with Crippen LogP contribution >= 0.6 is 11.6 Å². The van der Waals surface area contributed by atoms with Crippen LogP contribution in [0, 0.1) is 5.82 Å². The fourth-order valence-electron chi connectivity index (χ4n) is 2.75. The van der Waals surface area contributed by atoms with Crippen LogP contribution in [0.4, 0.5) is 4.39 Å². The van der Waals surface area contributed by atoms with Gasteiger partial charge in [-0.1, -0.05) is 11.6 Å². The quantitative estimate of drug-likeness (QED) is 0.879. The van der Waals surface area contributed by atoms with Gasteiger partial charge in [-0.05, 0) is 37.1 Å². The van der Waals surface area contributed by atoms with Gasteiger partial charge in [-0.2, -0.15) is 0 Å². The molecule has 0 spiro atoms. The van der Waals surface area contributed by atoms with Gasteiger partial charge in [0.1, 0.15) is 17.2 Å². The Morgan fingerprint density at radius 2 is 2.17 bits per heavy atom. The highest BCUT2D eigenvalue weighted by molar-refractivity contribution is 7.89. The van der Waals surface area contributed by atoms with E-state index in [1.54, 1.807) is 6.07 Å². The molecule has 3 rings (SSSR count). The standard InChI is InChI=1S/C15H15ClFNO4S/c16-12-8-10(3-4-13(12)17)23(20,21)18-9-15(19)6-1-2-14-11(15)5-7-22-14/h3-5,7-8,18-19H,1-2,6,9H2. The summed E-state index contributed by atoms with van der Waals surface area (Å²) in [5.41, 5.74) is -0.721. The van der Waals surface area contributed by atoms with Crippen LogP contribution in [0.15, 0.2) is 39.8 Å². The normalized spacial score (nSPS) is 21.2. The van der Waals surface area contributed by atoms with E-state index < -0.39 is 21.4 Å². The Balaban J connectivity index is 1.81. The molecule has 0 aliphatic heterocycles. The Kier molecular flexibility index (Phi) is 4.22. The smallest absolute Gasteiger partial charge is 0.240 e. The van der Waals surface area contributed by atoms with Crippen LogP contribution in [0.3, 0.4) is 0 Å². The van der Waals surface area contributed by atoms with Gasteiger partial charge in [0.2, 0.25) is 10.0 Å². The molecule has 1 aliphatic carbocycles. The average Bonchev–Trinajstić information content (AvgIpc) is 2.99. The minimum absolute atomic E-state index is 0.157. The summed E-state index contributed by atoms with van der Waals surface area (Å²) in [6.45, 7) is -0.198. The predicted octanol–water partition coefficient (Wildman–Crippen LogP) is 2.57. The maximum Gasteiger partial charge on any atom is 0.240 e. The van der Waals surface area contributed by atoms with Crippen LogP contribution < -0.4 is 4.72 Å².